The number of carbonyl (C=O) groups excluding carboxylic acids is 3. The molecule has 0 radical (unpaired) electrons. The van der Waals surface area contributed by atoms with E-state index in [2.05, 4.69) is 30.4 Å². The highest BCUT2D eigenvalue weighted by atomic mass is 32.1. The van der Waals surface area contributed by atoms with Crippen molar-refractivity contribution in [3.8, 4) is 5.75 Å². The summed E-state index contributed by atoms with van der Waals surface area (Å²) in [5.41, 5.74) is 0.487. The number of amides is 1. The average Bonchev–Trinajstić information content (AvgIpc) is 3.29. The molecule has 1 amide bonds. The Labute approximate surface area is 203 Å². The van der Waals surface area contributed by atoms with Crippen LogP contribution in [0.1, 0.15) is 16.8 Å². The molecule has 1 aromatic carbocycles. The third-order valence-electron chi connectivity index (χ3n) is 4.97. The van der Waals surface area contributed by atoms with Crippen LogP contribution in [-0.2, 0) is 19.1 Å². The highest BCUT2D eigenvalue weighted by molar-refractivity contribution is 7.80. The Hall–Kier alpha value is -3.50. The predicted octanol–water partition coefficient (Wildman–Crippen LogP) is 2.74. The van der Waals surface area contributed by atoms with Crippen LogP contribution < -0.4 is 15.4 Å². The van der Waals surface area contributed by atoms with E-state index in [4.69, 9.17) is 26.4 Å². The van der Waals surface area contributed by atoms with Gasteiger partial charge in [0.2, 0.25) is 5.91 Å². The number of carbonyl (C=O) groups is 3. The van der Waals surface area contributed by atoms with Crippen molar-refractivity contribution in [2.45, 2.75) is 12.5 Å². The zero-order valence-electron chi connectivity index (χ0n) is 18.7. The van der Waals surface area contributed by atoms with Crippen molar-refractivity contribution in [3.05, 3.63) is 61.7 Å². The molecule has 1 aliphatic rings. The lowest BCUT2D eigenvalue weighted by atomic mass is 9.90. The van der Waals surface area contributed by atoms with Crippen molar-refractivity contribution in [1.29, 1.82) is 0 Å². The van der Waals surface area contributed by atoms with Gasteiger partial charge in [-0.15, -0.1) is 0 Å². The van der Waals surface area contributed by atoms with Gasteiger partial charge in [0.15, 0.2) is 5.05 Å². The minimum absolute atomic E-state index is 0.00785. The molecular weight excluding hydrogens is 460 g/mol. The third-order valence-corrected chi connectivity index (χ3v) is 5.23. The number of nitrogens with one attached hydrogen (secondary N) is 2. The summed E-state index contributed by atoms with van der Waals surface area (Å²) < 4.78 is 15.6. The van der Waals surface area contributed by atoms with Gasteiger partial charge in [-0.2, -0.15) is 0 Å². The number of aliphatic hydroxyl groups is 1. The molecule has 10 heteroatoms. The fourth-order valence-electron chi connectivity index (χ4n) is 3.43. The number of aliphatic hydroxyl groups excluding tert-OH is 1. The molecule has 0 saturated carbocycles. The fraction of sp³-hybridized carbons (Fsp3) is 0.333. The van der Waals surface area contributed by atoms with Gasteiger partial charge < -0.3 is 30.0 Å². The van der Waals surface area contributed by atoms with Crippen LogP contribution in [0.25, 0.3) is 0 Å². The molecule has 0 aliphatic carbocycles. The van der Waals surface area contributed by atoms with Crippen molar-refractivity contribution in [3.63, 3.8) is 0 Å². The van der Waals surface area contributed by atoms with Gasteiger partial charge in [-0.05, 0) is 42.8 Å². The van der Waals surface area contributed by atoms with Gasteiger partial charge in [0.1, 0.15) is 37.1 Å². The maximum Gasteiger partial charge on any atom is 0.342 e. The summed E-state index contributed by atoms with van der Waals surface area (Å²) in [6.07, 6.45) is 4.63. The van der Waals surface area contributed by atoms with Crippen molar-refractivity contribution < 1.29 is 33.7 Å². The van der Waals surface area contributed by atoms with Crippen LogP contribution in [-0.4, -0.2) is 60.4 Å². The zero-order valence-corrected chi connectivity index (χ0v) is 19.5. The minimum atomic E-state index is -1.03. The molecule has 1 unspecified atom stereocenters. The number of hydrogen-bond donors (Lipinski definition) is 3. The first-order valence-electron chi connectivity index (χ1n) is 10.5. The van der Waals surface area contributed by atoms with E-state index in [0.29, 0.717) is 5.69 Å². The second-order valence-electron chi connectivity index (χ2n) is 7.38. The van der Waals surface area contributed by atoms with Gasteiger partial charge in [-0.1, -0.05) is 38.0 Å². The maximum atomic E-state index is 12.8. The summed E-state index contributed by atoms with van der Waals surface area (Å²) >= 11 is 4.83. The van der Waals surface area contributed by atoms with Gasteiger partial charge >= 0.3 is 11.9 Å². The molecule has 0 aromatic heterocycles. The van der Waals surface area contributed by atoms with Crippen molar-refractivity contribution in [1.82, 2.24) is 5.32 Å². The standard InChI is InChI=1S/C24H28N2O7S/c1-4-9-31-19-8-7-16(13-17(19)22(28)32-10-5-2)26-21(27)18-12-15(14-25-18)20(24(30)34)23(29)33-11-6-3/h4-8,13,15,18,20,25H,1-3,9-12,14H2,(H,26,27)(H,30,34)/t15-,18?,20+/m1/s1. The van der Waals surface area contributed by atoms with E-state index >= 15 is 0 Å². The quantitative estimate of drug-likeness (QED) is 0.218. The minimum Gasteiger partial charge on any atom is -0.501 e. The molecule has 1 aliphatic heterocycles. The van der Waals surface area contributed by atoms with Crippen LogP contribution in [0.2, 0.25) is 0 Å². The number of esters is 2. The Bertz CT molecular complexity index is 963. The van der Waals surface area contributed by atoms with Crippen LogP contribution in [0.15, 0.2) is 56.2 Å². The summed E-state index contributed by atoms with van der Waals surface area (Å²) in [4.78, 5) is 37.5. The van der Waals surface area contributed by atoms with Crippen molar-refractivity contribution in [2.24, 2.45) is 11.8 Å². The molecular formula is C24H28N2O7S. The third kappa shape index (κ3) is 7.26. The van der Waals surface area contributed by atoms with Gasteiger partial charge in [0, 0.05) is 12.2 Å². The van der Waals surface area contributed by atoms with Crippen LogP contribution in [0.3, 0.4) is 0 Å². The molecule has 3 atom stereocenters. The Balaban J connectivity index is 2.11. The van der Waals surface area contributed by atoms with Crippen molar-refractivity contribution >= 4 is 40.8 Å². The zero-order chi connectivity index (χ0) is 25.1. The Morgan fingerprint density at radius 3 is 2.47 bits per heavy atom. The van der Waals surface area contributed by atoms with E-state index < -0.39 is 34.9 Å². The van der Waals surface area contributed by atoms with E-state index in [1.54, 1.807) is 12.1 Å². The highest BCUT2D eigenvalue weighted by Crippen LogP contribution is 2.27. The summed E-state index contributed by atoms with van der Waals surface area (Å²) in [6, 6.07) is 3.93. The molecule has 1 fully saturated rings. The Morgan fingerprint density at radius 2 is 1.82 bits per heavy atom. The summed E-state index contributed by atoms with van der Waals surface area (Å²) in [5.74, 6) is -2.86. The van der Waals surface area contributed by atoms with Gasteiger partial charge in [0.05, 0.1) is 6.04 Å². The normalized spacial score (nSPS) is 17.6. The molecule has 1 heterocycles. The van der Waals surface area contributed by atoms with E-state index in [0.717, 1.165) is 0 Å². The number of thiocarbonyl (C=S) groups is 1. The largest absolute Gasteiger partial charge is 0.501 e. The van der Waals surface area contributed by atoms with E-state index in [9.17, 15) is 19.5 Å². The second-order valence-corrected chi connectivity index (χ2v) is 7.80. The SMILES string of the molecule is C=CCOC(=O)c1cc(NC(=O)C2C[C@@H]([C@@H](C(=O)OCC=C)C(O)=S)CN2)ccc1OCC=C. The molecule has 1 aromatic rings. The molecule has 34 heavy (non-hydrogen) atoms. The van der Waals surface area contributed by atoms with E-state index in [1.165, 1.54) is 24.3 Å². The highest BCUT2D eigenvalue weighted by Gasteiger charge is 2.40. The average molecular weight is 489 g/mol. The van der Waals surface area contributed by atoms with Crippen LogP contribution in [0, 0.1) is 11.8 Å². The number of ether oxygens (including phenoxy) is 3. The number of hydrogen-bond acceptors (Lipinski definition) is 8. The molecule has 9 nitrogen and oxygen atoms in total. The first-order chi connectivity index (χ1) is 16.3. The smallest absolute Gasteiger partial charge is 0.342 e. The van der Waals surface area contributed by atoms with Crippen LogP contribution in [0.4, 0.5) is 5.69 Å². The van der Waals surface area contributed by atoms with Crippen LogP contribution in [0.5, 0.6) is 5.75 Å². The van der Waals surface area contributed by atoms with Gasteiger partial charge in [-0.3, -0.25) is 9.59 Å². The van der Waals surface area contributed by atoms with Crippen molar-refractivity contribution in [2.75, 3.05) is 31.7 Å². The predicted molar refractivity (Wildman–Crippen MR) is 131 cm³/mol. The first kappa shape index (κ1) is 26.7. The molecule has 1 saturated heterocycles. The topological polar surface area (TPSA) is 123 Å². The Kier molecular flexibility index (Phi) is 10.4. The second kappa shape index (κ2) is 13.3. The summed E-state index contributed by atoms with van der Waals surface area (Å²) in [6.45, 7) is 11.0. The number of rotatable bonds is 13. The molecule has 2 rings (SSSR count). The first-order valence-corrected chi connectivity index (χ1v) is 10.9. The summed E-state index contributed by atoms with van der Waals surface area (Å²) in [5, 5.41) is 15.1. The van der Waals surface area contributed by atoms with E-state index in [1.807, 2.05) is 0 Å². The lowest BCUT2D eigenvalue weighted by Gasteiger charge is -2.19. The molecule has 182 valence electrons. The van der Waals surface area contributed by atoms with Gasteiger partial charge in [-0.25, -0.2) is 4.79 Å². The number of anilines is 1. The van der Waals surface area contributed by atoms with Crippen LogP contribution >= 0.6 is 12.2 Å². The summed E-state index contributed by atoms with van der Waals surface area (Å²) in [7, 11) is 0. The number of benzene rings is 1. The Morgan fingerprint density at radius 1 is 1.15 bits per heavy atom. The molecule has 3 N–H and O–H groups in total. The lowest BCUT2D eigenvalue weighted by molar-refractivity contribution is -0.146. The van der Waals surface area contributed by atoms with Gasteiger partial charge in [0.25, 0.3) is 0 Å². The molecule has 0 bridgehead atoms. The maximum absolute atomic E-state index is 12.8. The van der Waals surface area contributed by atoms with E-state index in [-0.39, 0.29) is 50.0 Å². The molecule has 0 spiro atoms. The fourth-order valence-corrected chi connectivity index (χ4v) is 3.71. The monoisotopic (exact) mass is 488 g/mol. The lowest BCUT2D eigenvalue weighted by Crippen LogP contribution is -2.35.